The summed E-state index contributed by atoms with van der Waals surface area (Å²) in [5, 5.41) is 6.79. The second kappa shape index (κ2) is 11.4. The molecule has 164 valence electrons. The maximum atomic E-state index is 6.08. The number of hydrogen-bond donors (Lipinski definition) is 2. The molecule has 0 radical (unpaired) electrons. The van der Waals surface area contributed by atoms with Crippen molar-refractivity contribution in [1.29, 1.82) is 0 Å². The normalized spacial score (nSPS) is 22.6. The molecule has 29 heavy (non-hydrogen) atoms. The minimum absolute atomic E-state index is 0. The molecule has 1 aromatic rings. The highest BCUT2D eigenvalue weighted by atomic mass is 127. The standard InChI is InChI=1S/C22H36N4O2.HI/c1-5-23-21(25-14-19-15-26-12-8-10-18(26)16-27-19)24-13-17-9-6-7-11-20(17)28-22(2,3)4;/h6-7,9,11,18-19H,5,8,10,12-16H2,1-4H3,(H2,23,24,25);1H. The molecule has 0 saturated carbocycles. The average molecular weight is 516 g/mol. The van der Waals surface area contributed by atoms with Crippen molar-refractivity contribution < 1.29 is 9.47 Å². The van der Waals surface area contributed by atoms with E-state index < -0.39 is 0 Å². The molecule has 1 aromatic carbocycles. The van der Waals surface area contributed by atoms with Gasteiger partial charge in [0.15, 0.2) is 5.96 Å². The predicted molar refractivity (Wildman–Crippen MR) is 129 cm³/mol. The molecular weight excluding hydrogens is 479 g/mol. The third-order valence-corrected chi connectivity index (χ3v) is 5.10. The molecule has 2 heterocycles. The third kappa shape index (κ3) is 7.61. The predicted octanol–water partition coefficient (Wildman–Crippen LogP) is 3.40. The van der Waals surface area contributed by atoms with Gasteiger partial charge in [-0.25, -0.2) is 4.99 Å². The van der Waals surface area contributed by atoms with E-state index in [4.69, 9.17) is 14.5 Å². The van der Waals surface area contributed by atoms with E-state index in [1.165, 1.54) is 19.4 Å². The number of fused-ring (bicyclic) bond motifs is 1. The van der Waals surface area contributed by atoms with E-state index in [2.05, 4.69) is 49.3 Å². The van der Waals surface area contributed by atoms with Gasteiger partial charge in [0.2, 0.25) is 0 Å². The van der Waals surface area contributed by atoms with Gasteiger partial charge in [-0.2, -0.15) is 0 Å². The molecule has 2 unspecified atom stereocenters. The van der Waals surface area contributed by atoms with Crippen LogP contribution in [0.15, 0.2) is 29.3 Å². The first-order valence-corrected chi connectivity index (χ1v) is 10.6. The maximum absolute atomic E-state index is 6.08. The molecular formula is C22H37IN4O2. The van der Waals surface area contributed by atoms with Crippen molar-refractivity contribution in [1.82, 2.24) is 15.5 Å². The lowest BCUT2D eigenvalue weighted by Gasteiger charge is -2.35. The van der Waals surface area contributed by atoms with Crippen LogP contribution in [-0.2, 0) is 11.3 Å². The van der Waals surface area contributed by atoms with Crippen molar-refractivity contribution in [3.05, 3.63) is 29.8 Å². The first-order valence-electron chi connectivity index (χ1n) is 10.6. The van der Waals surface area contributed by atoms with E-state index in [0.717, 1.165) is 43.5 Å². The Morgan fingerprint density at radius 1 is 1.28 bits per heavy atom. The minimum atomic E-state index is -0.228. The van der Waals surface area contributed by atoms with Gasteiger partial charge in [0.1, 0.15) is 11.4 Å². The molecule has 3 rings (SSSR count). The fourth-order valence-electron chi connectivity index (χ4n) is 3.79. The largest absolute Gasteiger partial charge is 0.488 e. The summed E-state index contributed by atoms with van der Waals surface area (Å²) in [5.41, 5.74) is 0.859. The number of halogens is 1. The molecule has 2 aliphatic rings. The number of aliphatic imine (C=N–C) groups is 1. The van der Waals surface area contributed by atoms with Gasteiger partial charge < -0.3 is 20.1 Å². The molecule has 0 amide bonds. The Balaban J connectivity index is 0.00000300. The summed E-state index contributed by atoms with van der Waals surface area (Å²) >= 11 is 0. The number of ether oxygens (including phenoxy) is 2. The summed E-state index contributed by atoms with van der Waals surface area (Å²) in [6, 6.07) is 8.76. The van der Waals surface area contributed by atoms with Crippen LogP contribution in [0.25, 0.3) is 0 Å². The average Bonchev–Trinajstić information content (AvgIpc) is 3.11. The van der Waals surface area contributed by atoms with Crippen molar-refractivity contribution in [2.75, 3.05) is 32.8 Å². The fourth-order valence-corrected chi connectivity index (χ4v) is 3.79. The highest BCUT2D eigenvalue weighted by Crippen LogP contribution is 2.24. The fraction of sp³-hybridized carbons (Fsp3) is 0.682. The highest BCUT2D eigenvalue weighted by molar-refractivity contribution is 14.0. The molecule has 2 aliphatic heterocycles. The van der Waals surface area contributed by atoms with E-state index >= 15 is 0 Å². The quantitative estimate of drug-likeness (QED) is 0.345. The van der Waals surface area contributed by atoms with E-state index in [1.807, 2.05) is 18.2 Å². The van der Waals surface area contributed by atoms with Gasteiger partial charge in [-0.3, -0.25) is 4.90 Å². The van der Waals surface area contributed by atoms with Crippen LogP contribution >= 0.6 is 24.0 Å². The van der Waals surface area contributed by atoms with Gasteiger partial charge in [0.05, 0.1) is 19.3 Å². The molecule has 0 aromatic heterocycles. The van der Waals surface area contributed by atoms with Gasteiger partial charge in [-0.1, -0.05) is 18.2 Å². The summed E-state index contributed by atoms with van der Waals surface area (Å²) in [5.74, 6) is 1.71. The molecule has 2 fully saturated rings. The molecule has 0 aliphatic carbocycles. The Bertz CT molecular complexity index is 662. The van der Waals surface area contributed by atoms with E-state index in [1.54, 1.807) is 0 Å². The number of nitrogens with one attached hydrogen (secondary N) is 2. The van der Waals surface area contributed by atoms with E-state index in [0.29, 0.717) is 12.6 Å². The monoisotopic (exact) mass is 516 g/mol. The van der Waals surface area contributed by atoms with Crippen LogP contribution in [0.4, 0.5) is 0 Å². The second-order valence-corrected chi connectivity index (χ2v) is 8.64. The van der Waals surface area contributed by atoms with Crippen LogP contribution in [-0.4, -0.2) is 61.4 Å². The molecule has 7 heteroatoms. The van der Waals surface area contributed by atoms with Crippen molar-refractivity contribution >= 4 is 29.9 Å². The summed E-state index contributed by atoms with van der Waals surface area (Å²) in [6.45, 7) is 13.5. The van der Waals surface area contributed by atoms with Crippen LogP contribution in [0.3, 0.4) is 0 Å². The summed E-state index contributed by atoms with van der Waals surface area (Å²) < 4.78 is 12.1. The first-order chi connectivity index (χ1) is 13.4. The SMILES string of the molecule is CCNC(=NCc1ccccc1OC(C)(C)C)NCC1CN2CCCC2CO1.I. The lowest BCUT2D eigenvalue weighted by Crippen LogP contribution is -2.51. The van der Waals surface area contributed by atoms with Crippen LogP contribution in [0.5, 0.6) is 5.75 Å². The van der Waals surface area contributed by atoms with Crippen LogP contribution in [0, 0.1) is 0 Å². The topological polar surface area (TPSA) is 58.1 Å². The Labute approximate surface area is 192 Å². The molecule has 2 N–H and O–H groups in total. The zero-order chi connectivity index (χ0) is 20.0. The third-order valence-electron chi connectivity index (χ3n) is 5.10. The Morgan fingerprint density at radius 2 is 2.07 bits per heavy atom. The number of nitrogens with zero attached hydrogens (tertiary/aromatic N) is 2. The Morgan fingerprint density at radius 3 is 2.83 bits per heavy atom. The first kappa shape index (κ1) is 24.2. The number of para-hydroxylation sites is 1. The van der Waals surface area contributed by atoms with Gasteiger partial charge in [0.25, 0.3) is 0 Å². The van der Waals surface area contributed by atoms with E-state index in [-0.39, 0.29) is 35.7 Å². The van der Waals surface area contributed by atoms with Crippen molar-refractivity contribution in [2.24, 2.45) is 4.99 Å². The van der Waals surface area contributed by atoms with Crippen LogP contribution < -0.4 is 15.4 Å². The van der Waals surface area contributed by atoms with Gasteiger partial charge in [-0.05, 0) is 53.1 Å². The smallest absolute Gasteiger partial charge is 0.191 e. The van der Waals surface area contributed by atoms with Gasteiger partial charge in [0, 0.05) is 31.2 Å². The molecule has 2 atom stereocenters. The van der Waals surface area contributed by atoms with Crippen LogP contribution in [0.1, 0.15) is 46.1 Å². The van der Waals surface area contributed by atoms with E-state index in [9.17, 15) is 0 Å². The molecule has 0 bridgehead atoms. The van der Waals surface area contributed by atoms with Crippen molar-refractivity contribution in [3.63, 3.8) is 0 Å². The number of rotatable bonds is 6. The number of benzene rings is 1. The summed E-state index contributed by atoms with van der Waals surface area (Å²) in [6.07, 6.45) is 2.80. The minimum Gasteiger partial charge on any atom is -0.488 e. The summed E-state index contributed by atoms with van der Waals surface area (Å²) in [4.78, 5) is 7.34. The van der Waals surface area contributed by atoms with Gasteiger partial charge in [-0.15, -0.1) is 24.0 Å². The van der Waals surface area contributed by atoms with Crippen molar-refractivity contribution in [3.8, 4) is 5.75 Å². The highest BCUT2D eigenvalue weighted by Gasteiger charge is 2.32. The zero-order valence-electron chi connectivity index (χ0n) is 18.2. The molecule has 6 nitrogen and oxygen atoms in total. The van der Waals surface area contributed by atoms with Gasteiger partial charge >= 0.3 is 0 Å². The lowest BCUT2D eigenvalue weighted by atomic mass is 10.1. The molecule has 0 spiro atoms. The van der Waals surface area contributed by atoms with Crippen LogP contribution in [0.2, 0.25) is 0 Å². The second-order valence-electron chi connectivity index (χ2n) is 8.64. The molecule has 2 saturated heterocycles. The lowest BCUT2D eigenvalue weighted by molar-refractivity contribution is -0.0453. The number of morpholine rings is 1. The summed E-state index contributed by atoms with van der Waals surface area (Å²) in [7, 11) is 0. The number of guanidine groups is 1. The van der Waals surface area contributed by atoms with Crippen molar-refractivity contribution in [2.45, 2.75) is 64.8 Å². The Hall–Kier alpha value is -1.06. The zero-order valence-corrected chi connectivity index (χ0v) is 20.6. The maximum Gasteiger partial charge on any atom is 0.191 e. The number of hydrogen-bond acceptors (Lipinski definition) is 4. The Kier molecular flexibility index (Phi) is 9.49.